The average molecular weight is 266 g/mol. The summed E-state index contributed by atoms with van der Waals surface area (Å²) in [5.74, 6) is 0. The van der Waals surface area contributed by atoms with Crippen LogP contribution in [0.2, 0.25) is 0 Å². The molecule has 2 heteroatoms. The van der Waals surface area contributed by atoms with E-state index < -0.39 is 0 Å². The van der Waals surface area contributed by atoms with E-state index in [-0.39, 0.29) is 0 Å². The van der Waals surface area contributed by atoms with Gasteiger partial charge in [0.15, 0.2) is 0 Å². The van der Waals surface area contributed by atoms with E-state index in [1.807, 2.05) is 0 Å². The lowest BCUT2D eigenvalue weighted by atomic mass is 9.73. The molecule has 1 N–H and O–H groups in total. The van der Waals surface area contributed by atoms with Crippen LogP contribution >= 0.6 is 0 Å². The van der Waals surface area contributed by atoms with Crippen LogP contribution in [0.1, 0.15) is 65.2 Å². The van der Waals surface area contributed by atoms with Crippen molar-refractivity contribution in [3.05, 3.63) is 12.2 Å². The van der Waals surface area contributed by atoms with E-state index in [9.17, 15) is 0 Å². The third-order valence-electron chi connectivity index (χ3n) is 4.76. The Hall–Kier alpha value is -0.340. The van der Waals surface area contributed by atoms with Crippen LogP contribution in [0.5, 0.6) is 0 Å². The van der Waals surface area contributed by atoms with Gasteiger partial charge >= 0.3 is 0 Å². The molecule has 0 bridgehead atoms. The number of hydrogen-bond donors (Lipinski definition) is 1. The Labute approximate surface area is 120 Å². The first-order valence-electron chi connectivity index (χ1n) is 8.08. The molecule has 1 fully saturated rings. The number of rotatable bonds is 8. The highest BCUT2D eigenvalue weighted by molar-refractivity contribution is 5.02. The fourth-order valence-corrected chi connectivity index (χ4v) is 3.54. The monoisotopic (exact) mass is 266 g/mol. The second-order valence-corrected chi connectivity index (χ2v) is 6.56. The van der Waals surface area contributed by atoms with E-state index in [0.717, 1.165) is 13.0 Å². The predicted molar refractivity (Wildman–Crippen MR) is 85.6 cm³/mol. The molecular weight excluding hydrogens is 232 g/mol. The van der Waals surface area contributed by atoms with Gasteiger partial charge < -0.3 is 10.2 Å². The van der Waals surface area contributed by atoms with E-state index in [2.05, 4.69) is 44.7 Å². The van der Waals surface area contributed by atoms with Gasteiger partial charge in [0, 0.05) is 11.6 Å². The Kier molecular flexibility index (Phi) is 7.09. The molecule has 1 rings (SSSR count). The van der Waals surface area contributed by atoms with Crippen molar-refractivity contribution in [1.29, 1.82) is 0 Å². The van der Waals surface area contributed by atoms with Gasteiger partial charge in [-0.1, -0.05) is 31.8 Å². The molecule has 0 saturated heterocycles. The van der Waals surface area contributed by atoms with Gasteiger partial charge in [-0.2, -0.15) is 0 Å². The Morgan fingerprint density at radius 2 is 1.89 bits per heavy atom. The molecule has 0 heterocycles. The van der Waals surface area contributed by atoms with Crippen molar-refractivity contribution < 1.29 is 0 Å². The summed E-state index contributed by atoms with van der Waals surface area (Å²) in [6, 6.07) is 0.611. The molecule has 0 aromatic heterocycles. The lowest BCUT2D eigenvalue weighted by Crippen LogP contribution is -2.60. The molecular formula is C17H34N2. The fourth-order valence-electron chi connectivity index (χ4n) is 3.54. The highest BCUT2D eigenvalue weighted by Gasteiger charge is 2.40. The largest absolute Gasteiger partial charge is 0.312 e. The summed E-state index contributed by atoms with van der Waals surface area (Å²) in [5, 5.41) is 3.83. The minimum absolute atomic E-state index is 0.364. The van der Waals surface area contributed by atoms with E-state index in [4.69, 9.17) is 0 Å². The Bertz CT molecular complexity index is 264. The maximum Gasteiger partial charge on any atom is 0.0356 e. The molecule has 0 aliphatic heterocycles. The van der Waals surface area contributed by atoms with E-state index in [1.54, 1.807) is 0 Å². The smallest absolute Gasteiger partial charge is 0.0356 e. The summed E-state index contributed by atoms with van der Waals surface area (Å²) >= 11 is 0. The van der Waals surface area contributed by atoms with Gasteiger partial charge in [0.1, 0.15) is 0 Å². The minimum Gasteiger partial charge on any atom is -0.312 e. The number of allylic oxidation sites excluding steroid dienone is 1. The van der Waals surface area contributed by atoms with Gasteiger partial charge in [0.2, 0.25) is 0 Å². The third kappa shape index (κ3) is 4.61. The predicted octanol–water partition coefficient (Wildman–Crippen LogP) is 3.98. The molecule has 0 spiro atoms. The molecule has 1 saturated carbocycles. The molecule has 0 aromatic carbocycles. The average Bonchev–Trinajstić information content (AvgIpc) is 2.39. The van der Waals surface area contributed by atoms with Crippen LogP contribution in [-0.4, -0.2) is 37.1 Å². The molecule has 1 aliphatic rings. The lowest BCUT2D eigenvalue weighted by molar-refractivity contribution is 0.0536. The molecule has 0 aromatic rings. The second-order valence-electron chi connectivity index (χ2n) is 6.56. The van der Waals surface area contributed by atoms with Crippen LogP contribution in [0.3, 0.4) is 0 Å². The van der Waals surface area contributed by atoms with Gasteiger partial charge in [-0.15, -0.1) is 6.58 Å². The first-order valence-corrected chi connectivity index (χ1v) is 8.08. The third-order valence-corrected chi connectivity index (χ3v) is 4.76. The first kappa shape index (κ1) is 16.7. The Morgan fingerprint density at radius 1 is 1.26 bits per heavy atom. The van der Waals surface area contributed by atoms with Crippen molar-refractivity contribution >= 4 is 0 Å². The van der Waals surface area contributed by atoms with Crippen LogP contribution in [-0.2, 0) is 0 Å². The standard InChI is InChI=1S/C17H34N2/c1-6-14-18-16(11-10-15(2)3)17(19(4)5)12-8-7-9-13-17/h16,18H,2,6-14H2,1,3-5H3. The van der Waals surface area contributed by atoms with Crippen molar-refractivity contribution in [2.24, 2.45) is 0 Å². The molecule has 2 nitrogen and oxygen atoms in total. The van der Waals surface area contributed by atoms with Gasteiger partial charge in [-0.05, 0) is 59.7 Å². The zero-order valence-electron chi connectivity index (χ0n) is 13.6. The maximum absolute atomic E-state index is 4.08. The Morgan fingerprint density at radius 3 is 2.37 bits per heavy atom. The summed E-state index contributed by atoms with van der Waals surface area (Å²) in [6.45, 7) is 9.62. The Balaban J connectivity index is 2.79. The van der Waals surface area contributed by atoms with Crippen LogP contribution in [0.15, 0.2) is 12.2 Å². The molecule has 1 aliphatic carbocycles. The van der Waals surface area contributed by atoms with Crippen LogP contribution in [0, 0.1) is 0 Å². The SMILES string of the molecule is C=C(C)CCC(NCCC)C1(N(C)C)CCCCC1. The fraction of sp³-hybridized carbons (Fsp3) is 0.882. The number of hydrogen-bond acceptors (Lipinski definition) is 2. The first-order chi connectivity index (χ1) is 9.03. The summed E-state index contributed by atoms with van der Waals surface area (Å²) in [7, 11) is 4.54. The summed E-state index contributed by atoms with van der Waals surface area (Å²) in [6.07, 6.45) is 10.5. The molecule has 112 valence electrons. The van der Waals surface area contributed by atoms with Crippen molar-refractivity contribution in [2.45, 2.75) is 76.8 Å². The number of nitrogens with one attached hydrogen (secondary N) is 1. The molecule has 19 heavy (non-hydrogen) atoms. The highest BCUT2D eigenvalue weighted by Crippen LogP contribution is 2.37. The van der Waals surface area contributed by atoms with Crippen LogP contribution < -0.4 is 5.32 Å². The van der Waals surface area contributed by atoms with Gasteiger partial charge in [-0.3, -0.25) is 0 Å². The van der Waals surface area contributed by atoms with Gasteiger partial charge in [-0.25, -0.2) is 0 Å². The zero-order chi connectivity index (χ0) is 14.3. The molecule has 0 radical (unpaired) electrons. The summed E-state index contributed by atoms with van der Waals surface area (Å²) in [5.41, 5.74) is 1.68. The lowest BCUT2D eigenvalue weighted by Gasteiger charge is -2.49. The minimum atomic E-state index is 0.364. The molecule has 1 atom stereocenters. The van der Waals surface area contributed by atoms with Crippen molar-refractivity contribution in [1.82, 2.24) is 10.2 Å². The van der Waals surface area contributed by atoms with E-state index in [0.29, 0.717) is 11.6 Å². The van der Waals surface area contributed by atoms with E-state index >= 15 is 0 Å². The van der Waals surface area contributed by atoms with Crippen LogP contribution in [0.4, 0.5) is 0 Å². The van der Waals surface area contributed by atoms with Crippen LogP contribution in [0.25, 0.3) is 0 Å². The number of likely N-dealkylation sites (N-methyl/N-ethyl adjacent to an activating group) is 1. The van der Waals surface area contributed by atoms with Crippen molar-refractivity contribution in [2.75, 3.05) is 20.6 Å². The highest BCUT2D eigenvalue weighted by atomic mass is 15.2. The summed E-state index contributed by atoms with van der Waals surface area (Å²) < 4.78 is 0. The van der Waals surface area contributed by atoms with E-state index in [1.165, 1.54) is 50.5 Å². The molecule has 0 amide bonds. The summed E-state index contributed by atoms with van der Waals surface area (Å²) in [4.78, 5) is 2.50. The quantitative estimate of drug-likeness (QED) is 0.669. The van der Waals surface area contributed by atoms with Crippen molar-refractivity contribution in [3.63, 3.8) is 0 Å². The zero-order valence-corrected chi connectivity index (χ0v) is 13.6. The van der Waals surface area contributed by atoms with Crippen molar-refractivity contribution in [3.8, 4) is 0 Å². The van der Waals surface area contributed by atoms with Gasteiger partial charge in [0.25, 0.3) is 0 Å². The second kappa shape index (κ2) is 8.06. The number of nitrogens with zero attached hydrogens (tertiary/aromatic N) is 1. The normalized spacial score (nSPS) is 20.5. The van der Waals surface area contributed by atoms with Gasteiger partial charge in [0.05, 0.1) is 0 Å². The molecule has 1 unspecified atom stereocenters. The topological polar surface area (TPSA) is 15.3 Å². The maximum atomic E-state index is 4.08.